The smallest absolute Gasteiger partial charge is 0.161 e. The van der Waals surface area contributed by atoms with E-state index in [2.05, 4.69) is 42.7 Å². The number of para-hydroxylation sites is 4. The lowest BCUT2D eigenvalue weighted by atomic mass is 10.1. The fourth-order valence-corrected chi connectivity index (χ4v) is 3.64. The van der Waals surface area contributed by atoms with Crippen molar-refractivity contribution in [2.45, 2.75) is 27.0 Å². The van der Waals surface area contributed by atoms with E-state index in [0.717, 1.165) is 22.6 Å². The van der Waals surface area contributed by atoms with Crippen LogP contribution >= 0.6 is 0 Å². The molecule has 0 aliphatic heterocycles. The molecule has 0 aliphatic rings. The fraction of sp³-hybridized carbons (Fsp3) is 0.240. The van der Waals surface area contributed by atoms with Crippen LogP contribution < -0.4 is 14.2 Å². The molecule has 4 aromatic rings. The van der Waals surface area contributed by atoms with Crippen LogP contribution in [0.3, 0.4) is 0 Å². The molecule has 0 amide bonds. The molecule has 0 aliphatic carbocycles. The molecule has 0 saturated heterocycles. The van der Waals surface area contributed by atoms with Gasteiger partial charge in [0.25, 0.3) is 0 Å². The van der Waals surface area contributed by atoms with Gasteiger partial charge >= 0.3 is 0 Å². The van der Waals surface area contributed by atoms with Crippen LogP contribution in [-0.4, -0.2) is 23.3 Å². The van der Waals surface area contributed by atoms with Crippen molar-refractivity contribution in [3.8, 4) is 17.2 Å². The van der Waals surface area contributed by atoms with Gasteiger partial charge in [0.2, 0.25) is 0 Å². The largest absolute Gasteiger partial charge is 0.493 e. The number of aryl methyl sites for hydroxylation is 2. The molecule has 5 heteroatoms. The van der Waals surface area contributed by atoms with E-state index in [9.17, 15) is 0 Å². The topological polar surface area (TPSA) is 45.5 Å². The molecule has 30 heavy (non-hydrogen) atoms. The SMILES string of the molecule is COc1ccccc1OCc1nc2ccccc2n1CCOc1cc(C)cc(C)c1. The van der Waals surface area contributed by atoms with E-state index in [-0.39, 0.29) is 0 Å². The van der Waals surface area contributed by atoms with Crippen LogP contribution in [0, 0.1) is 13.8 Å². The van der Waals surface area contributed by atoms with Gasteiger partial charge < -0.3 is 18.8 Å². The van der Waals surface area contributed by atoms with E-state index >= 15 is 0 Å². The Morgan fingerprint density at radius 2 is 1.53 bits per heavy atom. The fourth-order valence-electron chi connectivity index (χ4n) is 3.64. The molecule has 154 valence electrons. The zero-order valence-corrected chi connectivity index (χ0v) is 17.6. The predicted octanol–water partition coefficient (Wildman–Crippen LogP) is 5.32. The highest BCUT2D eigenvalue weighted by Crippen LogP contribution is 2.27. The number of imidazole rings is 1. The Morgan fingerprint density at radius 3 is 2.30 bits per heavy atom. The van der Waals surface area contributed by atoms with Crippen molar-refractivity contribution in [1.82, 2.24) is 9.55 Å². The van der Waals surface area contributed by atoms with Crippen LogP contribution in [0.2, 0.25) is 0 Å². The molecule has 0 radical (unpaired) electrons. The number of hydrogen-bond acceptors (Lipinski definition) is 4. The summed E-state index contributed by atoms with van der Waals surface area (Å²) >= 11 is 0. The minimum atomic E-state index is 0.346. The molecule has 0 unspecified atom stereocenters. The average molecular weight is 402 g/mol. The van der Waals surface area contributed by atoms with E-state index in [1.807, 2.05) is 42.5 Å². The lowest BCUT2D eigenvalue weighted by Gasteiger charge is -2.13. The highest BCUT2D eigenvalue weighted by atomic mass is 16.5. The molecule has 1 aromatic heterocycles. The minimum Gasteiger partial charge on any atom is -0.493 e. The van der Waals surface area contributed by atoms with Gasteiger partial charge in [0.15, 0.2) is 11.5 Å². The Balaban J connectivity index is 1.52. The molecule has 0 saturated carbocycles. The third-order valence-electron chi connectivity index (χ3n) is 4.94. The van der Waals surface area contributed by atoms with Gasteiger partial charge in [-0.05, 0) is 61.4 Å². The van der Waals surface area contributed by atoms with Gasteiger partial charge in [-0.2, -0.15) is 0 Å². The van der Waals surface area contributed by atoms with E-state index in [1.165, 1.54) is 11.1 Å². The summed E-state index contributed by atoms with van der Waals surface area (Å²) in [6.45, 7) is 5.73. The molecule has 0 atom stereocenters. The Labute approximate surface area is 176 Å². The van der Waals surface area contributed by atoms with Crippen LogP contribution in [0.25, 0.3) is 11.0 Å². The standard InChI is InChI=1S/C25H26N2O3/c1-18-14-19(2)16-20(15-18)29-13-12-27-22-9-5-4-8-21(22)26-25(27)17-30-24-11-7-6-10-23(24)28-3/h4-11,14-16H,12-13,17H2,1-3H3. The van der Waals surface area contributed by atoms with E-state index in [4.69, 9.17) is 19.2 Å². The number of fused-ring (bicyclic) bond motifs is 1. The van der Waals surface area contributed by atoms with Gasteiger partial charge in [0.1, 0.15) is 24.8 Å². The number of rotatable bonds is 8. The van der Waals surface area contributed by atoms with Crippen molar-refractivity contribution in [3.05, 3.63) is 83.7 Å². The molecule has 0 spiro atoms. The number of benzene rings is 3. The summed E-state index contributed by atoms with van der Waals surface area (Å²) in [4.78, 5) is 4.78. The van der Waals surface area contributed by atoms with Gasteiger partial charge in [0.05, 0.1) is 24.7 Å². The van der Waals surface area contributed by atoms with Crippen molar-refractivity contribution in [3.63, 3.8) is 0 Å². The van der Waals surface area contributed by atoms with Crippen molar-refractivity contribution in [1.29, 1.82) is 0 Å². The Bertz CT molecular complexity index is 1130. The van der Waals surface area contributed by atoms with E-state index < -0.39 is 0 Å². The van der Waals surface area contributed by atoms with Crippen LogP contribution in [0.15, 0.2) is 66.7 Å². The number of ether oxygens (including phenoxy) is 3. The van der Waals surface area contributed by atoms with Gasteiger partial charge in [-0.3, -0.25) is 0 Å². The first-order valence-corrected chi connectivity index (χ1v) is 10.0. The molecular weight excluding hydrogens is 376 g/mol. The first-order chi connectivity index (χ1) is 14.6. The second-order valence-electron chi connectivity index (χ2n) is 7.28. The summed E-state index contributed by atoms with van der Waals surface area (Å²) in [5.41, 5.74) is 4.41. The first kappa shape index (κ1) is 19.8. The Morgan fingerprint density at radius 1 is 0.833 bits per heavy atom. The third kappa shape index (κ3) is 4.40. The maximum Gasteiger partial charge on any atom is 0.161 e. The number of nitrogens with zero attached hydrogens (tertiary/aromatic N) is 2. The highest BCUT2D eigenvalue weighted by Gasteiger charge is 2.12. The summed E-state index contributed by atoms with van der Waals surface area (Å²) in [7, 11) is 1.64. The zero-order valence-electron chi connectivity index (χ0n) is 17.6. The molecule has 4 rings (SSSR count). The number of hydrogen-bond donors (Lipinski definition) is 0. The summed E-state index contributed by atoms with van der Waals surface area (Å²) < 4.78 is 19.6. The van der Waals surface area contributed by atoms with Gasteiger partial charge in [-0.15, -0.1) is 0 Å². The second kappa shape index (κ2) is 8.91. The Kier molecular flexibility index (Phi) is 5.89. The van der Waals surface area contributed by atoms with Crippen molar-refractivity contribution in [2.75, 3.05) is 13.7 Å². The number of methoxy groups -OCH3 is 1. The van der Waals surface area contributed by atoms with Crippen molar-refractivity contribution < 1.29 is 14.2 Å². The summed E-state index contributed by atoms with van der Waals surface area (Å²) in [6.07, 6.45) is 0. The quantitative estimate of drug-likeness (QED) is 0.400. The zero-order chi connectivity index (χ0) is 20.9. The second-order valence-corrected chi connectivity index (χ2v) is 7.28. The molecule has 0 bridgehead atoms. The average Bonchev–Trinajstić information content (AvgIpc) is 3.09. The molecule has 0 N–H and O–H groups in total. The molecule has 5 nitrogen and oxygen atoms in total. The first-order valence-electron chi connectivity index (χ1n) is 10.0. The molecule has 1 heterocycles. The summed E-state index contributed by atoms with van der Waals surface area (Å²) in [6, 6.07) is 22.0. The minimum absolute atomic E-state index is 0.346. The van der Waals surface area contributed by atoms with Crippen LogP contribution in [0.5, 0.6) is 17.2 Å². The summed E-state index contributed by atoms with van der Waals surface area (Å²) in [5, 5.41) is 0. The maximum absolute atomic E-state index is 6.03. The lowest BCUT2D eigenvalue weighted by molar-refractivity contribution is 0.261. The Hall–Kier alpha value is -3.47. The normalized spacial score (nSPS) is 10.9. The van der Waals surface area contributed by atoms with Gasteiger partial charge in [-0.1, -0.05) is 30.3 Å². The van der Waals surface area contributed by atoms with Crippen LogP contribution in [-0.2, 0) is 13.2 Å². The highest BCUT2D eigenvalue weighted by molar-refractivity contribution is 5.75. The molecule has 3 aromatic carbocycles. The predicted molar refractivity (Wildman–Crippen MR) is 118 cm³/mol. The van der Waals surface area contributed by atoms with E-state index in [0.29, 0.717) is 31.3 Å². The van der Waals surface area contributed by atoms with Crippen LogP contribution in [0.1, 0.15) is 17.0 Å². The third-order valence-corrected chi connectivity index (χ3v) is 4.94. The van der Waals surface area contributed by atoms with E-state index in [1.54, 1.807) is 7.11 Å². The monoisotopic (exact) mass is 402 g/mol. The maximum atomic E-state index is 6.03. The van der Waals surface area contributed by atoms with Gasteiger partial charge in [0, 0.05) is 0 Å². The van der Waals surface area contributed by atoms with Gasteiger partial charge in [-0.25, -0.2) is 4.98 Å². The lowest BCUT2D eigenvalue weighted by Crippen LogP contribution is -2.13. The number of aromatic nitrogens is 2. The summed E-state index contributed by atoms with van der Waals surface area (Å²) in [5.74, 6) is 3.15. The molecular formula is C25H26N2O3. The van der Waals surface area contributed by atoms with Crippen molar-refractivity contribution in [2.24, 2.45) is 0 Å². The van der Waals surface area contributed by atoms with Crippen molar-refractivity contribution >= 4 is 11.0 Å². The van der Waals surface area contributed by atoms with Crippen LogP contribution in [0.4, 0.5) is 0 Å². The molecule has 0 fully saturated rings.